The van der Waals surface area contributed by atoms with Crippen molar-refractivity contribution in [3.8, 4) is 5.88 Å². The van der Waals surface area contributed by atoms with Gasteiger partial charge < -0.3 is 20.5 Å². The van der Waals surface area contributed by atoms with Crippen LogP contribution in [0.3, 0.4) is 0 Å². The first-order chi connectivity index (χ1) is 14.7. The van der Waals surface area contributed by atoms with Crippen molar-refractivity contribution in [1.29, 1.82) is 0 Å². The van der Waals surface area contributed by atoms with Crippen LogP contribution in [0.2, 0.25) is 0 Å². The van der Waals surface area contributed by atoms with Crippen molar-refractivity contribution in [3.05, 3.63) is 48.2 Å². The predicted molar refractivity (Wildman–Crippen MR) is 110 cm³/mol. The lowest BCUT2D eigenvalue weighted by molar-refractivity contribution is -0.116. The summed E-state index contributed by atoms with van der Waals surface area (Å²) in [5, 5.41) is 13.5. The monoisotopic (exact) mass is 450 g/mol. The molecule has 0 radical (unpaired) electrons. The Kier molecular flexibility index (Phi) is 8.46. The molecule has 0 atom stereocenters. The van der Waals surface area contributed by atoms with Gasteiger partial charge >= 0.3 is 6.09 Å². The zero-order valence-electron chi connectivity index (χ0n) is 16.6. The topological polar surface area (TPSA) is 164 Å². The first-order valence-electron chi connectivity index (χ1n) is 9.25. The fourth-order valence-corrected chi connectivity index (χ4v) is 3.25. The molecule has 4 N–H and O–H groups in total. The second kappa shape index (κ2) is 11.0. The zero-order chi connectivity index (χ0) is 22.9. The Hall–Kier alpha value is -3.51. The number of nitrogens with one attached hydrogen (secondary N) is 3. The van der Waals surface area contributed by atoms with Crippen LogP contribution in [0.25, 0.3) is 0 Å². The number of carbonyl (C=O) groups excluding carboxylic acids is 3. The molecule has 2 rings (SSSR count). The molecule has 0 aliphatic carbocycles. The molecular weight excluding hydrogens is 428 g/mol. The first kappa shape index (κ1) is 23.8. The molecule has 0 fully saturated rings. The van der Waals surface area contributed by atoms with E-state index >= 15 is 0 Å². The van der Waals surface area contributed by atoms with Crippen LogP contribution in [0, 0.1) is 0 Å². The van der Waals surface area contributed by atoms with E-state index < -0.39 is 22.0 Å². The third kappa shape index (κ3) is 7.35. The molecule has 0 spiro atoms. The van der Waals surface area contributed by atoms with Gasteiger partial charge in [-0.1, -0.05) is 6.92 Å². The summed E-state index contributed by atoms with van der Waals surface area (Å²) in [7, 11) is -4.16. The Morgan fingerprint density at radius 2 is 1.81 bits per heavy atom. The second-order valence-electron chi connectivity index (χ2n) is 6.18. The average molecular weight is 450 g/mol. The van der Waals surface area contributed by atoms with Gasteiger partial charge in [0.05, 0.1) is 17.1 Å². The normalized spacial score (nSPS) is 10.8. The molecule has 0 bridgehead atoms. The van der Waals surface area contributed by atoms with Gasteiger partial charge in [-0.3, -0.25) is 9.59 Å². The van der Waals surface area contributed by atoms with Crippen molar-refractivity contribution in [2.24, 2.45) is 0 Å². The predicted octanol–water partition coefficient (Wildman–Crippen LogP) is 1.02. The van der Waals surface area contributed by atoms with Crippen molar-refractivity contribution in [2.45, 2.75) is 24.7 Å². The van der Waals surface area contributed by atoms with E-state index in [1.54, 1.807) is 0 Å². The molecule has 12 heteroatoms. The molecule has 2 aromatic rings. The highest BCUT2D eigenvalue weighted by Crippen LogP contribution is 2.15. The number of hydrogen-bond acceptors (Lipinski definition) is 8. The summed E-state index contributed by atoms with van der Waals surface area (Å²) in [5.74, 6) is -1.23. The molecule has 1 aromatic heterocycles. The van der Waals surface area contributed by atoms with Gasteiger partial charge in [-0.2, -0.15) is 0 Å². The molecule has 3 amide bonds. The number of ether oxygens (including phenoxy) is 1. The number of pyridine rings is 1. The number of sulfonamides is 1. The number of hydrogen-bond donors (Lipinski definition) is 4. The maximum atomic E-state index is 12.4. The number of nitrogens with zero attached hydrogens (tertiary/aromatic N) is 1. The molecule has 0 aliphatic heterocycles. The highest BCUT2D eigenvalue weighted by atomic mass is 32.2. The Bertz CT molecular complexity index is 1020. The van der Waals surface area contributed by atoms with E-state index in [4.69, 9.17) is 9.84 Å². The van der Waals surface area contributed by atoms with E-state index in [9.17, 15) is 22.8 Å². The number of amides is 3. The van der Waals surface area contributed by atoms with Crippen LogP contribution in [-0.2, 0) is 14.8 Å². The van der Waals surface area contributed by atoms with E-state index in [1.165, 1.54) is 36.4 Å². The second-order valence-corrected chi connectivity index (χ2v) is 7.86. The number of aliphatic hydroxyl groups is 1. The summed E-state index contributed by atoms with van der Waals surface area (Å²) in [6, 6.07) is 7.81. The van der Waals surface area contributed by atoms with Crippen molar-refractivity contribution < 1.29 is 32.6 Å². The highest BCUT2D eigenvalue weighted by molar-refractivity contribution is 7.90. The molecule has 0 aliphatic rings. The molecule has 1 heterocycles. The SMILES string of the molecule is CCCC(=O)Nc1ccc(S(=O)(=O)NC(=O)c2ccc(OC(=O)NCCO)nc2)cc1. The number of benzene rings is 1. The molecule has 0 saturated heterocycles. The van der Waals surface area contributed by atoms with Gasteiger partial charge in [0.2, 0.25) is 11.8 Å². The van der Waals surface area contributed by atoms with Crippen molar-refractivity contribution in [3.63, 3.8) is 0 Å². The van der Waals surface area contributed by atoms with Crippen LogP contribution in [-0.4, -0.2) is 49.6 Å². The number of anilines is 1. The summed E-state index contributed by atoms with van der Waals surface area (Å²) in [5.41, 5.74) is 0.363. The van der Waals surface area contributed by atoms with Crippen LogP contribution in [0.4, 0.5) is 10.5 Å². The molecule has 166 valence electrons. The van der Waals surface area contributed by atoms with Gasteiger partial charge in [0.1, 0.15) is 0 Å². The van der Waals surface area contributed by atoms with E-state index in [2.05, 4.69) is 15.6 Å². The summed E-state index contributed by atoms with van der Waals surface area (Å²) >= 11 is 0. The lowest BCUT2D eigenvalue weighted by Gasteiger charge is -2.09. The highest BCUT2D eigenvalue weighted by Gasteiger charge is 2.19. The Labute approximate surface area is 178 Å². The van der Waals surface area contributed by atoms with Crippen LogP contribution in [0.5, 0.6) is 5.88 Å². The molecule has 0 saturated carbocycles. The van der Waals surface area contributed by atoms with Crippen LogP contribution in [0.15, 0.2) is 47.5 Å². The van der Waals surface area contributed by atoms with Gasteiger partial charge in [0.25, 0.3) is 15.9 Å². The maximum absolute atomic E-state index is 12.4. The Balaban J connectivity index is 2.00. The average Bonchev–Trinajstić information content (AvgIpc) is 2.73. The van der Waals surface area contributed by atoms with Gasteiger partial charge in [-0.05, 0) is 36.8 Å². The summed E-state index contributed by atoms with van der Waals surface area (Å²) < 4.78 is 31.6. The minimum Gasteiger partial charge on any atom is -0.395 e. The van der Waals surface area contributed by atoms with Crippen molar-refractivity contribution in [1.82, 2.24) is 15.0 Å². The summed E-state index contributed by atoms with van der Waals surface area (Å²) in [6.45, 7) is 1.61. The quantitative estimate of drug-likeness (QED) is 0.440. The lowest BCUT2D eigenvalue weighted by atomic mass is 10.3. The number of carbonyl (C=O) groups is 3. The largest absolute Gasteiger partial charge is 0.414 e. The van der Waals surface area contributed by atoms with Gasteiger partial charge in [-0.15, -0.1) is 0 Å². The van der Waals surface area contributed by atoms with Gasteiger partial charge in [-0.25, -0.2) is 22.9 Å². The molecule has 11 nitrogen and oxygen atoms in total. The summed E-state index contributed by atoms with van der Waals surface area (Å²) in [4.78, 5) is 38.8. The summed E-state index contributed by atoms with van der Waals surface area (Å²) in [6.07, 6.45) is 1.24. The Morgan fingerprint density at radius 1 is 1.10 bits per heavy atom. The molecule has 31 heavy (non-hydrogen) atoms. The molecule has 0 unspecified atom stereocenters. The minimum absolute atomic E-state index is 0.00325. The standard InChI is InChI=1S/C19H22N4O7S/c1-2-3-16(25)22-14-5-7-15(8-6-14)31(28,29)23-18(26)13-4-9-17(21-12-13)30-19(27)20-10-11-24/h4-9,12,24H,2-3,10-11H2,1H3,(H,20,27)(H,22,25)(H,23,26). The van der Waals surface area contributed by atoms with Crippen molar-refractivity contribution in [2.75, 3.05) is 18.5 Å². The minimum atomic E-state index is -4.16. The first-order valence-corrected chi connectivity index (χ1v) is 10.7. The fourth-order valence-electron chi connectivity index (χ4n) is 2.27. The Morgan fingerprint density at radius 3 is 2.39 bits per heavy atom. The van der Waals surface area contributed by atoms with E-state index in [0.717, 1.165) is 6.20 Å². The van der Waals surface area contributed by atoms with Crippen LogP contribution < -0.4 is 20.1 Å². The maximum Gasteiger partial charge on any atom is 0.414 e. The van der Waals surface area contributed by atoms with E-state index in [0.29, 0.717) is 18.5 Å². The third-order valence-corrected chi connectivity index (χ3v) is 5.08. The number of aliphatic hydroxyl groups excluding tert-OH is 1. The lowest BCUT2D eigenvalue weighted by Crippen LogP contribution is -2.31. The molecular formula is C19H22N4O7S. The van der Waals surface area contributed by atoms with Gasteiger partial charge in [0.15, 0.2) is 0 Å². The molecule has 1 aromatic carbocycles. The third-order valence-electron chi connectivity index (χ3n) is 3.73. The van der Waals surface area contributed by atoms with Crippen molar-refractivity contribution >= 4 is 33.6 Å². The van der Waals surface area contributed by atoms with Gasteiger partial charge in [0, 0.05) is 30.9 Å². The van der Waals surface area contributed by atoms with E-state index in [1.807, 2.05) is 11.6 Å². The smallest absolute Gasteiger partial charge is 0.395 e. The number of aromatic nitrogens is 1. The number of rotatable bonds is 9. The van der Waals surface area contributed by atoms with E-state index in [-0.39, 0.29) is 35.4 Å². The zero-order valence-corrected chi connectivity index (χ0v) is 17.4. The van der Waals surface area contributed by atoms with Crippen LogP contribution >= 0.6 is 0 Å². The fraction of sp³-hybridized carbons (Fsp3) is 0.263. The van der Waals surface area contributed by atoms with Crippen LogP contribution in [0.1, 0.15) is 30.1 Å².